The van der Waals surface area contributed by atoms with E-state index in [1.165, 1.54) is 51.9 Å². The molecule has 3 nitrogen and oxygen atoms in total. The first-order valence-corrected chi connectivity index (χ1v) is 5.56. The van der Waals surface area contributed by atoms with Crippen molar-refractivity contribution in [1.29, 1.82) is 0 Å². The Kier molecular flexibility index (Phi) is 3.19. The lowest BCUT2D eigenvalue weighted by Gasteiger charge is -2.27. The van der Waals surface area contributed by atoms with Crippen LogP contribution in [-0.2, 0) is 0 Å². The van der Waals surface area contributed by atoms with E-state index in [1.807, 2.05) is 7.05 Å². The quantitative estimate of drug-likeness (QED) is 0.694. The summed E-state index contributed by atoms with van der Waals surface area (Å²) in [6.45, 7) is 5.16. The normalized spacial score (nSPS) is 31.6. The van der Waals surface area contributed by atoms with Crippen LogP contribution < -0.4 is 5.43 Å². The Labute approximate surface area is 81.1 Å². The van der Waals surface area contributed by atoms with Crippen LogP contribution in [0, 0.1) is 0 Å². The second-order valence-corrected chi connectivity index (χ2v) is 4.22. The molecule has 0 bridgehead atoms. The Hall–Kier alpha value is -0.120. The highest BCUT2D eigenvalue weighted by molar-refractivity contribution is 4.80. The second-order valence-electron chi connectivity index (χ2n) is 4.22. The van der Waals surface area contributed by atoms with Gasteiger partial charge in [0, 0.05) is 19.1 Å². The van der Waals surface area contributed by atoms with Gasteiger partial charge in [0.05, 0.1) is 0 Å². The predicted molar refractivity (Wildman–Crippen MR) is 54.5 cm³/mol. The van der Waals surface area contributed by atoms with Crippen LogP contribution in [0.1, 0.15) is 25.7 Å². The average molecular weight is 183 g/mol. The molecule has 0 aromatic heterocycles. The molecular weight excluding hydrogens is 162 g/mol. The average Bonchev–Trinajstić information content (AvgIpc) is 2.76. The molecule has 2 rings (SSSR count). The minimum absolute atomic E-state index is 0.767. The minimum atomic E-state index is 0.767. The Morgan fingerprint density at radius 3 is 2.62 bits per heavy atom. The molecule has 0 aromatic rings. The third-order valence-electron chi connectivity index (χ3n) is 3.33. The van der Waals surface area contributed by atoms with Gasteiger partial charge in [-0.3, -0.25) is 5.43 Å². The van der Waals surface area contributed by atoms with Gasteiger partial charge in [-0.15, -0.1) is 0 Å². The number of likely N-dealkylation sites (tertiary alicyclic amines) is 1. The topological polar surface area (TPSA) is 18.5 Å². The van der Waals surface area contributed by atoms with Crippen molar-refractivity contribution in [1.82, 2.24) is 15.3 Å². The van der Waals surface area contributed by atoms with E-state index in [4.69, 9.17) is 0 Å². The first-order chi connectivity index (χ1) is 6.40. The van der Waals surface area contributed by atoms with Gasteiger partial charge in [0.2, 0.25) is 0 Å². The third-order valence-corrected chi connectivity index (χ3v) is 3.33. The molecule has 76 valence electrons. The fourth-order valence-electron chi connectivity index (χ4n) is 2.58. The van der Waals surface area contributed by atoms with E-state index in [-0.39, 0.29) is 0 Å². The van der Waals surface area contributed by atoms with Gasteiger partial charge < -0.3 is 4.90 Å². The van der Waals surface area contributed by atoms with Gasteiger partial charge in [0.25, 0.3) is 0 Å². The van der Waals surface area contributed by atoms with Crippen molar-refractivity contribution in [2.75, 3.05) is 33.2 Å². The summed E-state index contributed by atoms with van der Waals surface area (Å²) < 4.78 is 0. The summed E-state index contributed by atoms with van der Waals surface area (Å²) in [5.74, 6) is 0. The number of hydrazine groups is 1. The second kappa shape index (κ2) is 4.40. The summed E-state index contributed by atoms with van der Waals surface area (Å²) in [7, 11) is 2.04. The monoisotopic (exact) mass is 183 g/mol. The molecule has 0 spiro atoms. The Morgan fingerprint density at radius 1 is 1.15 bits per heavy atom. The molecule has 13 heavy (non-hydrogen) atoms. The molecule has 0 amide bonds. The molecule has 1 N–H and O–H groups in total. The van der Waals surface area contributed by atoms with Gasteiger partial charge in [-0.1, -0.05) is 0 Å². The summed E-state index contributed by atoms with van der Waals surface area (Å²) in [5.41, 5.74) is 3.29. The number of rotatable bonds is 3. The van der Waals surface area contributed by atoms with Crippen LogP contribution in [0.2, 0.25) is 0 Å². The van der Waals surface area contributed by atoms with Crippen molar-refractivity contribution < 1.29 is 0 Å². The Balaban J connectivity index is 1.79. The summed E-state index contributed by atoms with van der Waals surface area (Å²) in [4.78, 5) is 2.61. The van der Waals surface area contributed by atoms with Gasteiger partial charge in [-0.05, 0) is 45.8 Å². The fraction of sp³-hybridized carbons (Fsp3) is 1.00. The SMILES string of the molecule is CNN1CCC[C@@H]1CN1CCCC1. The molecule has 2 aliphatic rings. The van der Waals surface area contributed by atoms with Gasteiger partial charge in [-0.25, -0.2) is 5.01 Å². The summed E-state index contributed by atoms with van der Waals surface area (Å²) in [6.07, 6.45) is 5.55. The van der Waals surface area contributed by atoms with Gasteiger partial charge in [0.1, 0.15) is 0 Å². The van der Waals surface area contributed by atoms with Crippen LogP contribution in [0.25, 0.3) is 0 Å². The van der Waals surface area contributed by atoms with Crippen LogP contribution in [0.5, 0.6) is 0 Å². The predicted octanol–water partition coefficient (Wildman–Crippen LogP) is 0.681. The highest BCUT2D eigenvalue weighted by Crippen LogP contribution is 2.17. The Morgan fingerprint density at radius 2 is 1.92 bits per heavy atom. The van der Waals surface area contributed by atoms with Crippen LogP contribution in [0.3, 0.4) is 0 Å². The van der Waals surface area contributed by atoms with E-state index in [2.05, 4.69) is 15.3 Å². The molecule has 3 heteroatoms. The Bertz CT molecular complexity index is 154. The lowest BCUT2D eigenvalue weighted by molar-refractivity contribution is 0.148. The van der Waals surface area contributed by atoms with Crippen LogP contribution in [-0.4, -0.2) is 49.2 Å². The zero-order chi connectivity index (χ0) is 9.10. The van der Waals surface area contributed by atoms with Crippen LogP contribution in [0.4, 0.5) is 0 Å². The van der Waals surface area contributed by atoms with Crippen molar-refractivity contribution in [2.45, 2.75) is 31.7 Å². The molecule has 2 aliphatic heterocycles. The lowest BCUT2D eigenvalue weighted by atomic mass is 10.2. The van der Waals surface area contributed by atoms with Crippen molar-refractivity contribution in [3.63, 3.8) is 0 Å². The largest absolute Gasteiger partial charge is 0.302 e. The molecule has 2 heterocycles. The van der Waals surface area contributed by atoms with E-state index in [1.54, 1.807) is 0 Å². The van der Waals surface area contributed by atoms with E-state index >= 15 is 0 Å². The molecule has 2 saturated heterocycles. The number of hydrogen-bond acceptors (Lipinski definition) is 3. The zero-order valence-corrected chi connectivity index (χ0v) is 8.63. The highest BCUT2D eigenvalue weighted by atomic mass is 15.5. The van der Waals surface area contributed by atoms with Gasteiger partial charge in [-0.2, -0.15) is 0 Å². The summed E-state index contributed by atoms with van der Waals surface area (Å²) >= 11 is 0. The van der Waals surface area contributed by atoms with Crippen molar-refractivity contribution in [3.05, 3.63) is 0 Å². The van der Waals surface area contributed by atoms with E-state index in [9.17, 15) is 0 Å². The first kappa shape index (κ1) is 9.44. The maximum atomic E-state index is 3.29. The molecule has 0 unspecified atom stereocenters. The first-order valence-electron chi connectivity index (χ1n) is 5.56. The summed E-state index contributed by atoms with van der Waals surface area (Å²) in [6, 6.07) is 0.767. The van der Waals surface area contributed by atoms with E-state index in [0.29, 0.717) is 0 Å². The van der Waals surface area contributed by atoms with Crippen LogP contribution >= 0.6 is 0 Å². The smallest absolute Gasteiger partial charge is 0.0371 e. The molecule has 1 atom stereocenters. The molecule has 0 aliphatic carbocycles. The molecule has 0 radical (unpaired) electrons. The molecular formula is C10H21N3. The molecule has 0 aromatic carbocycles. The minimum Gasteiger partial charge on any atom is -0.302 e. The third kappa shape index (κ3) is 2.22. The van der Waals surface area contributed by atoms with Gasteiger partial charge in [0.15, 0.2) is 0 Å². The molecule has 2 fully saturated rings. The standard InChI is InChI=1S/C10H21N3/c1-11-13-8-4-5-10(13)9-12-6-2-3-7-12/h10-11H,2-9H2,1H3/t10-/m1/s1. The van der Waals surface area contributed by atoms with Crippen molar-refractivity contribution in [3.8, 4) is 0 Å². The number of nitrogens with one attached hydrogen (secondary N) is 1. The fourth-order valence-corrected chi connectivity index (χ4v) is 2.58. The maximum absolute atomic E-state index is 3.29. The molecule has 0 saturated carbocycles. The maximum Gasteiger partial charge on any atom is 0.0371 e. The number of hydrogen-bond donors (Lipinski definition) is 1. The van der Waals surface area contributed by atoms with Crippen molar-refractivity contribution in [2.24, 2.45) is 0 Å². The summed E-state index contributed by atoms with van der Waals surface area (Å²) in [5, 5.41) is 2.40. The van der Waals surface area contributed by atoms with Crippen molar-refractivity contribution >= 4 is 0 Å². The number of nitrogens with zero attached hydrogens (tertiary/aromatic N) is 2. The van der Waals surface area contributed by atoms with Crippen LogP contribution in [0.15, 0.2) is 0 Å². The van der Waals surface area contributed by atoms with Gasteiger partial charge >= 0.3 is 0 Å². The van der Waals surface area contributed by atoms with E-state index < -0.39 is 0 Å². The highest BCUT2D eigenvalue weighted by Gasteiger charge is 2.26. The van der Waals surface area contributed by atoms with E-state index in [0.717, 1.165) is 6.04 Å². The zero-order valence-electron chi connectivity index (χ0n) is 8.63. The lowest BCUT2D eigenvalue weighted by Crippen LogP contribution is -2.45.